The predicted molar refractivity (Wildman–Crippen MR) is 163 cm³/mol. The van der Waals surface area contributed by atoms with Crippen LogP contribution in [0.2, 0.25) is 0 Å². The molecule has 0 radical (unpaired) electrons. The van der Waals surface area contributed by atoms with E-state index in [4.69, 9.17) is 18.9 Å². The van der Waals surface area contributed by atoms with Crippen molar-refractivity contribution < 1.29 is 28.5 Å². The molecule has 0 saturated heterocycles. The quantitative estimate of drug-likeness (QED) is 0.0669. The Kier molecular flexibility index (Phi) is 11.5. The second kappa shape index (κ2) is 15.0. The molecule has 216 valence electrons. The predicted octanol–water partition coefficient (Wildman–Crippen LogP) is 7.61. The van der Waals surface area contributed by atoms with Gasteiger partial charge in [-0.15, -0.1) is 0 Å². The number of rotatable bonds is 14. The molecular formula is C35H40O6. The van der Waals surface area contributed by atoms with E-state index in [1.54, 1.807) is 27.9 Å². The first-order valence-corrected chi connectivity index (χ1v) is 13.8. The van der Waals surface area contributed by atoms with Crippen molar-refractivity contribution in [2.24, 2.45) is 5.41 Å². The van der Waals surface area contributed by atoms with Crippen LogP contribution in [-0.4, -0.2) is 38.9 Å². The highest BCUT2D eigenvalue weighted by atomic mass is 16.6. The molecule has 3 rings (SSSR count). The highest BCUT2D eigenvalue weighted by Gasteiger charge is 2.30. The molecule has 0 N–H and O–H groups in total. The number of hydrogen-bond acceptors (Lipinski definition) is 6. The van der Waals surface area contributed by atoms with Crippen LogP contribution in [0.4, 0.5) is 0 Å². The third-order valence-corrected chi connectivity index (χ3v) is 6.46. The molecule has 0 heterocycles. The summed E-state index contributed by atoms with van der Waals surface area (Å²) < 4.78 is 21.8. The summed E-state index contributed by atoms with van der Waals surface area (Å²) >= 11 is 0. The van der Waals surface area contributed by atoms with Gasteiger partial charge in [-0.2, -0.15) is 0 Å². The Balaban J connectivity index is 1.86. The van der Waals surface area contributed by atoms with E-state index in [-0.39, 0.29) is 25.8 Å². The summed E-state index contributed by atoms with van der Waals surface area (Å²) in [6.07, 6.45) is 6.19. The van der Waals surface area contributed by atoms with Gasteiger partial charge in [0, 0.05) is 12.7 Å². The summed E-state index contributed by atoms with van der Waals surface area (Å²) in [7, 11) is 1.57. The zero-order chi connectivity index (χ0) is 29.8. The smallest absolute Gasteiger partial charge is 0.333 e. The molecule has 0 aliphatic rings. The van der Waals surface area contributed by atoms with Gasteiger partial charge in [-0.3, -0.25) is 4.79 Å². The first-order chi connectivity index (χ1) is 19.6. The zero-order valence-corrected chi connectivity index (χ0v) is 24.7. The van der Waals surface area contributed by atoms with E-state index in [0.29, 0.717) is 17.1 Å². The summed E-state index contributed by atoms with van der Waals surface area (Å²) in [4.78, 5) is 24.4. The number of aryl methyl sites for hydroxylation is 1. The Labute approximate surface area is 243 Å². The van der Waals surface area contributed by atoms with Crippen LogP contribution < -0.4 is 9.47 Å². The fraction of sp³-hybridized carbons (Fsp3) is 0.314. The van der Waals surface area contributed by atoms with Crippen molar-refractivity contribution in [1.29, 1.82) is 0 Å². The Hall–Kier alpha value is -4.16. The van der Waals surface area contributed by atoms with E-state index >= 15 is 0 Å². The molecule has 0 aliphatic heterocycles. The third kappa shape index (κ3) is 9.19. The average molecular weight is 557 g/mol. The third-order valence-electron chi connectivity index (χ3n) is 6.46. The van der Waals surface area contributed by atoms with Crippen LogP contribution in [0, 0.1) is 5.41 Å². The lowest BCUT2D eigenvalue weighted by molar-refractivity contribution is -0.146. The highest BCUT2D eigenvalue weighted by molar-refractivity contribution is 5.87. The molecule has 0 fully saturated rings. The van der Waals surface area contributed by atoms with Crippen LogP contribution in [0.5, 0.6) is 11.5 Å². The first kappa shape index (κ1) is 31.4. The molecule has 41 heavy (non-hydrogen) atoms. The molecule has 0 unspecified atom stereocenters. The van der Waals surface area contributed by atoms with Gasteiger partial charge in [-0.1, -0.05) is 61.2 Å². The minimum atomic E-state index is -0.777. The van der Waals surface area contributed by atoms with E-state index in [0.717, 1.165) is 35.1 Å². The summed E-state index contributed by atoms with van der Waals surface area (Å²) in [5.41, 5.74) is 4.77. The normalized spacial score (nSPS) is 11.3. The summed E-state index contributed by atoms with van der Waals surface area (Å²) in [6, 6.07) is 21.9. The van der Waals surface area contributed by atoms with Crippen LogP contribution in [-0.2, 0) is 25.5 Å². The van der Waals surface area contributed by atoms with Crippen molar-refractivity contribution in [1.82, 2.24) is 0 Å². The van der Waals surface area contributed by atoms with Gasteiger partial charge in [0.2, 0.25) is 0 Å². The number of allylic oxidation sites excluding steroid dienone is 2. The fourth-order valence-corrected chi connectivity index (χ4v) is 4.16. The van der Waals surface area contributed by atoms with Gasteiger partial charge < -0.3 is 18.9 Å². The molecular weight excluding hydrogens is 516 g/mol. The molecule has 0 atom stereocenters. The molecule has 0 aromatic heterocycles. The van der Waals surface area contributed by atoms with Crippen molar-refractivity contribution in [3.8, 4) is 33.8 Å². The number of methoxy groups -OCH3 is 1. The van der Waals surface area contributed by atoms with Crippen LogP contribution in [0.3, 0.4) is 0 Å². The topological polar surface area (TPSA) is 71.1 Å². The van der Waals surface area contributed by atoms with Gasteiger partial charge in [-0.05, 0) is 92.6 Å². The number of carbonyl (C=O) groups is 2. The summed E-state index contributed by atoms with van der Waals surface area (Å²) in [5, 5.41) is 0. The van der Waals surface area contributed by atoms with Gasteiger partial charge in [0.1, 0.15) is 24.7 Å². The fourth-order valence-electron chi connectivity index (χ4n) is 4.16. The summed E-state index contributed by atoms with van der Waals surface area (Å²) in [5.74, 6) is 0.351. The molecule has 3 aromatic carbocycles. The van der Waals surface area contributed by atoms with E-state index in [1.807, 2.05) is 49.4 Å². The Morgan fingerprint density at radius 3 is 2.15 bits per heavy atom. The second-order valence-corrected chi connectivity index (χ2v) is 10.5. The molecule has 0 spiro atoms. The van der Waals surface area contributed by atoms with E-state index < -0.39 is 11.4 Å². The molecule has 3 aromatic rings. The Morgan fingerprint density at radius 2 is 1.51 bits per heavy atom. The molecule has 0 saturated carbocycles. The lowest BCUT2D eigenvalue weighted by atomic mass is 9.93. The van der Waals surface area contributed by atoms with Crippen molar-refractivity contribution in [2.75, 3.05) is 26.9 Å². The van der Waals surface area contributed by atoms with Crippen LogP contribution >= 0.6 is 0 Å². The lowest BCUT2D eigenvalue weighted by Crippen LogP contribution is -2.33. The van der Waals surface area contributed by atoms with E-state index in [1.165, 1.54) is 5.56 Å². The maximum absolute atomic E-state index is 12.9. The number of hydrogen-bond donors (Lipinski definition) is 0. The summed E-state index contributed by atoms with van der Waals surface area (Å²) in [6.45, 7) is 11.4. The van der Waals surface area contributed by atoms with Crippen LogP contribution in [0.15, 0.2) is 91.0 Å². The molecule has 0 amide bonds. The first-order valence-electron chi connectivity index (χ1n) is 13.8. The van der Waals surface area contributed by atoms with Crippen molar-refractivity contribution >= 4 is 11.9 Å². The number of ether oxygens (including phenoxy) is 4. The second-order valence-electron chi connectivity index (χ2n) is 10.5. The zero-order valence-electron chi connectivity index (χ0n) is 24.7. The van der Waals surface area contributed by atoms with Gasteiger partial charge in [0.15, 0.2) is 0 Å². The minimum Gasteiger partial charge on any atom is -0.490 e. The Bertz CT molecular complexity index is 1350. The number of benzene rings is 3. The highest BCUT2D eigenvalue weighted by Crippen LogP contribution is 2.36. The van der Waals surface area contributed by atoms with Gasteiger partial charge in [0.05, 0.1) is 12.0 Å². The van der Waals surface area contributed by atoms with Crippen molar-refractivity contribution in [3.05, 3.63) is 96.6 Å². The number of esters is 2. The Morgan fingerprint density at radius 1 is 0.878 bits per heavy atom. The lowest BCUT2D eigenvalue weighted by Gasteiger charge is -2.21. The standard InChI is InChI=1S/C35H40O6/c1-7-8-9-10-26-11-13-28(14-12-26)32-23-30(41-34(37)35(4,5)24-38-6)19-20-31(32)27-15-17-29(18-16-27)39-21-22-40-33(36)25(2)3/h7-8,11-20,23H,2,9-10,21-22,24H2,1,3-6H3/b8-7+. The van der Waals surface area contributed by atoms with Gasteiger partial charge in [0.25, 0.3) is 0 Å². The molecule has 0 aliphatic carbocycles. The van der Waals surface area contributed by atoms with Crippen molar-refractivity contribution in [2.45, 2.75) is 40.5 Å². The van der Waals surface area contributed by atoms with Gasteiger partial charge >= 0.3 is 11.9 Å². The van der Waals surface area contributed by atoms with Crippen LogP contribution in [0.25, 0.3) is 22.3 Å². The molecule has 6 heteroatoms. The maximum atomic E-state index is 12.9. The number of carbonyl (C=O) groups excluding carboxylic acids is 2. The van der Waals surface area contributed by atoms with E-state index in [2.05, 4.69) is 43.0 Å². The van der Waals surface area contributed by atoms with Crippen LogP contribution in [0.1, 0.15) is 39.7 Å². The largest absolute Gasteiger partial charge is 0.490 e. The average Bonchev–Trinajstić information content (AvgIpc) is 2.96. The SMILES string of the molecule is C=C(C)C(=O)OCCOc1ccc(-c2ccc(OC(=O)C(C)(C)COC)cc2-c2ccc(CC/C=C/C)cc2)cc1. The maximum Gasteiger partial charge on any atom is 0.333 e. The van der Waals surface area contributed by atoms with Crippen molar-refractivity contribution in [3.63, 3.8) is 0 Å². The van der Waals surface area contributed by atoms with E-state index in [9.17, 15) is 9.59 Å². The molecule has 0 bridgehead atoms. The minimum absolute atomic E-state index is 0.143. The van der Waals surface area contributed by atoms with Gasteiger partial charge in [-0.25, -0.2) is 4.79 Å². The molecule has 6 nitrogen and oxygen atoms in total. The monoisotopic (exact) mass is 556 g/mol.